The molecule has 0 aliphatic carbocycles. The van der Waals surface area contributed by atoms with Gasteiger partial charge in [-0.25, -0.2) is 14.4 Å². The largest absolute Gasteiger partial charge is 0.369 e. The lowest BCUT2D eigenvalue weighted by atomic mass is 10.3. The summed E-state index contributed by atoms with van der Waals surface area (Å²) in [5.41, 5.74) is 7.36. The van der Waals surface area contributed by atoms with Crippen molar-refractivity contribution >= 4 is 50.9 Å². The van der Waals surface area contributed by atoms with Crippen molar-refractivity contribution in [1.82, 2.24) is 14.5 Å². The van der Waals surface area contributed by atoms with E-state index in [4.69, 9.17) is 5.73 Å². The number of nitrogens with zero attached hydrogens (tertiary/aromatic N) is 3. The van der Waals surface area contributed by atoms with Gasteiger partial charge in [0.15, 0.2) is 0 Å². The van der Waals surface area contributed by atoms with E-state index in [0.29, 0.717) is 16.1 Å². The Morgan fingerprint density at radius 3 is 3.00 bits per heavy atom. The molecule has 2 N–H and O–H groups in total. The average Bonchev–Trinajstić information content (AvgIpc) is 2.96. The molecule has 98 valence electrons. The van der Waals surface area contributed by atoms with E-state index in [9.17, 15) is 4.39 Å². The number of fused-ring (bicyclic) bond motifs is 1. The molecular formula is C12H10FIN4S. The number of aryl methyl sites for hydroxylation is 2. The highest BCUT2D eigenvalue weighted by Gasteiger charge is 2.11. The summed E-state index contributed by atoms with van der Waals surface area (Å²) in [7, 11) is 0. The van der Waals surface area contributed by atoms with E-state index < -0.39 is 0 Å². The highest BCUT2D eigenvalue weighted by Crippen LogP contribution is 2.23. The zero-order chi connectivity index (χ0) is 13.4. The minimum Gasteiger partial charge on any atom is -0.369 e. The summed E-state index contributed by atoms with van der Waals surface area (Å²) in [4.78, 5) is 8.49. The predicted octanol–water partition coefficient (Wildman–Crippen LogP) is 3.06. The number of aromatic nitrogens is 3. The molecule has 7 heteroatoms. The van der Waals surface area contributed by atoms with Crippen molar-refractivity contribution in [2.45, 2.75) is 13.0 Å². The molecule has 3 rings (SSSR count). The van der Waals surface area contributed by atoms with E-state index in [1.807, 2.05) is 32.5 Å². The SMILES string of the molecule is Nc1nc2cc(I)c(F)cc2n1CCc1nccs1. The minimum absolute atomic E-state index is 0.247. The molecule has 0 spiro atoms. The number of benzene rings is 1. The third-order valence-electron chi connectivity index (χ3n) is 2.85. The fourth-order valence-electron chi connectivity index (χ4n) is 1.96. The summed E-state index contributed by atoms with van der Waals surface area (Å²) in [5, 5.41) is 2.97. The van der Waals surface area contributed by atoms with Gasteiger partial charge in [0.1, 0.15) is 5.82 Å². The van der Waals surface area contributed by atoms with E-state index in [2.05, 4.69) is 9.97 Å². The van der Waals surface area contributed by atoms with Crippen LogP contribution in [-0.4, -0.2) is 14.5 Å². The highest BCUT2D eigenvalue weighted by molar-refractivity contribution is 14.1. The molecule has 0 fully saturated rings. The number of nitrogens with two attached hydrogens (primary N) is 1. The molecule has 0 radical (unpaired) electrons. The Morgan fingerprint density at radius 1 is 1.42 bits per heavy atom. The van der Waals surface area contributed by atoms with Gasteiger partial charge in [0.2, 0.25) is 5.95 Å². The fraction of sp³-hybridized carbons (Fsp3) is 0.167. The van der Waals surface area contributed by atoms with Gasteiger partial charge in [0, 0.05) is 30.6 Å². The highest BCUT2D eigenvalue weighted by atomic mass is 127. The molecule has 0 bridgehead atoms. The summed E-state index contributed by atoms with van der Waals surface area (Å²) in [6.07, 6.45) is 2.54. The zero-order valence-electron chi connectivity index (χ0n) is 9.81. The molecule has 3 aromatic rings. The quantitative estimate of drug-likeness (QED) is 0.702. The van der Waals surface area contributed by atoms with Gasteiger partial charge in [-0.3, -0.25) is 0 Å². The average molecular weight is 388 g/mol. The van der Waals surface area contributed by atoms with Crippen LogP contribution in [0.25, 0.3) is 11.0 Å². The third kappa shape index (κ3) is 2.44. The molecule has 0 unspecified atom stereocenters. The lowest BCUT2D eigenvalue weighted by Crippen LogP contribution is -2.05. The van der Waals surface area contributed by atoms with E-state index in [1.54, 1.807) is 23.6 Å². The van der Waals surface area contributed by atoms with Crippen molar-refractivity contribution in [3.63, 3.8) is 0 Å². The van der Waals surface area contributed by atoms with Gasteiger partial charge >= 0.3 is 0 Å². The Hall–Kier alpha value is -1.22. The Morgan fingerprint density at radius 2 is 2.26 bits per heavy atom. The van der Waals surface area contributed by atoms with Gasteiger partial charge in [0.25, 0.3) is 0 Å². The number of hydrogen-bond acceptors (Lipinski definition) is 4. The van der Waals surface area contributed by atoms with Crippen molar-refractivity contribution in [2.75, 3.05) is 5.73 Å². The molecule has 0 saturated carbocycles. The van der Waals surface area contributed by atoms with Crippen molar-refractivity contribution in [3.05, 3.63) is 38.1 Å². The first-order valence-electron chi connectivity index (χ1n) is 5.64. The van der Waals surface area contributed by atoms with Crippen molar-refractivity contribution in [3.8, 4) is 0 Å². The Labute approximate surface area is 126 Å². The van der Waals surface area contributed by atoms with Crippen molar-refractivity contribution in [1.29, 1.82) is 0 Å². The smallest absolute Gasteiger partial charge is 0.201 e. The molecule has 0 atom stereocenters. The second-order valence-corrected chi connectivity index (χ2v) is 6.19. The number of anilines is 1. The predicted molar refractivity (Wildman–Crippen MR) is 82.6 cm³/mol. The van der Waals surface area contributed by atoms with Gasteiger partial charge < -0.3 is 10.3 Å². The second-order valence-electron chi connectivity index (χ2n) is 4.05. The molecule has 0 amide bonds. The molecule has 2 heterocycles. The second kappa shape index (κ2) is 5.04. The van der Waals surface area contributed by atoms with Crippen LogP contribution >= 0.6 is 33.9 Å². The van der Waals surface area contributed by atoms with Crippen molar-refractivity contribution < 1.29 is 4.39 Å². The van der Waals surface area contributed by atoms with Gasteiger partial charge in [-0.2, -0.15) is 0 Å². The van der Waals surface area contributed by atoms with E-state index in [-0.39, 0.29) is 5.82 Å². The summed E-state index contributed by atoms with van der Waals surface area (Å²) in [6, 6.07) is 3.20. The molecular weight excluding hydrogens is 378 g/mol. The number of halogens is 2. The van der Waals surface area contributed by atoms with Crippen LogP contribution in [0.5, 0.6) is 0 Å². The van der Waals surface area contributed by atoms with Crippen LogP contribution < -0.4 is 5.73 Å². The molecule has 2 aromatic heterocycles. The van der Waals surface area contributed by atoms with Crippen LogP contribution in [0.3, 0.4) is 0 Å². The Kier molecular flexibility index (Phi) is 3.40. The monoisotopic (exact) mass is 388 g/mol. The van der Waals surface area contributed by atoms with Crippen LogP contribution in [-0.2, 0) is 13.0 Å². The summed E-state index contributed by atoms with van der Waals surface area (Å²) < 4.78 is 16.0. The van der Waals surface area contributed by atoms with Gasteiger partial charge in [-0.1, -0.05) is 0 Å². The number of imidazole rings is 1. The number of rotatable bonds is 3. The van der Waals surface area contributed by atoms with Crippen LogP contribution in [0.1, 0.15) is 5.01 Å². The van der Waals surface area contributed by atoms with Crippen LogP contribution in [0.15, 0.2) is 23.7 Å². The minimum atomic E-state index is -0.247. The number of thiazole rings is 1. The van der Waals surface area contributed by atoms with Crippen LogP contribution in [0.4, 0.5) is 10.3 Å². The normalized spacial score (nSPS) is 11.3. The summed E-state index contributed by atoms with van der Waals surface area (Å²) in [6.45, 7) is 0.649. The first-order valence-corrected chi connectivity index (χ1v) is 7.60. The fourth-order valence-corrected chi connectivity index (χ4v) is 3.02. The third-order valence-corrected chi connectivity index (χ3v) is 4.52. The lowest BCUT2D eigenvalue weighted by molar-refractivity contribution is 0.620. The van der Waals surface area contributed by atoms with Gasteiger partial charge in [-0.15, -0.1) is 11.3 Å². The molecule has 4 nitrogen and oxygen atoms in total. The summed E-state index contributed by atoms with van der Waals surface area (Å²) >= 11 is 3.55. The van der Waals surface area contributed by atoms with Crippen LogP contribution in [0, 0.1) is 9.39 Å². The van der Waals surface area contributed by atoms with Crippen LogP contribution in [0.2, 0.25) is 0 Å². The first kappa shape index (κ1) is 12.8. The standard InChI is InChI=1S/C12H10FIN4S/c13-7-5-10-9(6-8(7)14)17-12(15)18(10)3-1-11-16-2-4-19-11/h2,4-6H,1,3H2,(H2,15,17). The Balaban J connectivity index is 1.98. The molecule has 19 heavy (non-hydrogen) atoms. The molecule has 0 aliphatic heterocycles. The molecule has 0 aliphatic rings. The number of nitrogen functional groups attached to an aromatic ring is 1. The Bertz CT molecular complexity index is 723. The maximum atomic E-state index is 13.7. The maximum absolute atomic E-state index is 13.7. The van der Waals surface area contributed by atoms with E-state index in [1.165, 1.54) is 6.07 Å². The number of hydrogen-bond donors (Lipinski definition) is 1. The summed E-state index contributed by atoms with van der Waals surface area (Å²) in [5.74, 6) is 0.163. The zero-order valence-corrected chi connectivity index (χ0v) is 12.8. The topological polar surface area (TPSA) is 56.7 Å². The maximum Gasteiger partial charge on any atom is 0.201 e. The van der Waals surface area contributed by atoms with E-state index in [0.717, 1.165) is 22.5 Å². The molecule has 0 saturated heterocycles. The first-order chi connectivity index (χ1) is 9.15. The van der Waals surface area contributed by atoms with Crippen molar-refractivity contribution in [2.24, 2.45) is 0 Å². The van der Waals surface area contributed by atoms with Gasteiger partial charge in [0.05, 0.1) is 19.6 Å². The van der Waals surface area contributed by atoms with E-state index >= 15 is 0 Å². The lowest BCUT2D eigenvalue weighted by Gasteiger charge is -2.05. The molecule has 1 aromatic carbocycles. The van der Waals surface area contributed by atoms with Gasteiger partial charge in [-0.05, 0) is 28.7 Å².